The Balaban J connectivity index is 2.50. The summed E-state index contributed by atoms with van der Waals surface area (Å²) in [4.78, 5) is 10.5. The van der Waals surface area contributed by atoms with Gasteiger partial charge in [-0.1, -0.05) is 27.2 Å². The number of aliphatic carboxylic acids is 1. The summed E-state index contributed by atoms with van der Waals surface area (Å²) in [5, 5.41) is 8.61. The highest BCUT2D eigenvalue weighted by Gasteiger charge is 2.31. The van der Waals surface area contributed by atoms with Crippen molar-refractivity contribution in [1.29, 1.82) is 0 Å². The first-order chi connectivity index (χ1) is 7.00. The Labute approximate surface area is 91.8 Å². The second-order valence-corrected chi connectivity index (χ2v) is 5.07. The smallest absolute Gasteiger partial charge is 0.329 e. The zero-order chi connectivity index (χ0) is 11.4. The molecule has 0 bridgehead atoms. The minimum Gasteiger partial charge on any atom is -0.480 e. The van der Waals surface area contributed by atoms with Crippen LogP contribution in [0.3, 0.4) is 0 Å². The first-order valence-electron chi connectivity index (χ1n) is 5.84. The monoisotopic (exact) mass is 214 g/mol. The summed E-state index contributed by atoms with van der Waals surface area (Å²) >= 11 is 0. The van der Waals surface area contributed by atoms with E-state index in [1.807, 2.05) is 0 Å². The van der Waals surface area contributed by atoms with E-state index in [9.17, 15) is 4.79 Å². The third kappa shape index (κ3) is 3.82. The van der Waals surface area contributed by atoms with Gasteiger partial charge in [-0.3, -0.25) is 0 Å². The lowest BCUT2D eigenvalue weighted by molar-refractivity contribution is -0.147. The highest BCUT2D eigenvalue weighted by Crippen LogP contribution is 2.35. The van der Waals surface area contributed by atoms with Crippen LogP contribution in [-0.2, 0) is 9.53 Å². The molecule has 88 valence electrons. The summed E-state index contributed by atoms with van der Waals surface area (Å²) in [5.41, 5.74) is 0. The Kier molecular flexibility index (Phi) is 4.58. The normalized spacial score (nSPS) is 31.9. The first kappa shape index (κ1) is 12.5. The van der Waals surface area contributed by atoms with Crippen molar-refractivity contribution in [2.45, 2.75) is 46.1 Å². The molecule has 0 aromatic rings. The molecule has 0 spiro atoms. The number of carbonyl (C=O) groups is 1. The Bertz CT molecular complexity index is 213. The van der Waals surface area contributed by atoms with Crippen LogP contribution in [0.5, 0.6) is 0 Å². The molecule has 3 heteroatoms. The second-order valence-electron chi connectivity index (χ2n) is 5.07. The summed E-state index contributed by atoms with van der Waals surface area (Å²) in [6.07, 6.45) is 3.57. The second kappa shape index (κ2) is 5.50. The van der Waals surface area contributed by atoms with Gasteiger partial charge in [0, 0.05) is 0 Å². The number of hydrogen-bond donors (Lipinski definition) is 1. The van der Waals surface area contributed by atoms with Gasteiger partial charge < -0.3 is 9.84 Å². The average Bonchev–Trinajstić information content (AvgIpc) is 2.14. The molecular weight excluding hydrogens is 192 g/mol. The molecule has 0 saturated heterocycles. The molecule has 0 aromatic carbocycles. The largest absolute Gasteiger partial charge is 0.480 e. The molecule has 0 amide bonds. The maximum Gasteiger partial charge on any atom is 0.329 e. The van der Waals surface area contributed by atoms with Gasteiger partial charge in [-0.2, -0.15) is 0 Å². The van der Waals surface area contributed by atoms with Crippen LogP contribution in [0.15, 0.2) is 0 Å². The fourth-order valence-electron chi connectivity index (χ4n) is 2.48. The molecule has 0 aromatic heterocycles. The van der Waals surface area contributed by atoms with E-state index < -0.39 is 5.97 Å². The van der Waals surface area contributed by atoms with E-state index >= 15 is 0 Å². The van der Waals surface area contributed by atoms with E-state index in [1.54, 1.807) is 0 Å². The zero-order valence-electron chi connectivity index (χ0n) is 9.90. The molecule has 1 N–H and O–H groups in total. The van der Waals surface area contributed by atoms with Crippen molar-refractivity contribution in [2.24, 2.45) is 17.8 Å². The van der Waals surface area contributed by atoms with Crippen molar-refractivity contribution >= 4 is 5.97 Å². The molecule has 0 heterocycles. The van der Waals surface area contributed by atoms with Gasteiger partial charge in [-0.15, -0.1) is 0 Å². The van der Waals surface area contributed by atoms with Gasteiger partial charge in [-0.05, 0) is 30.6 Å². The van der Waals surface area contributed by atoms with Crippen molar-refractivity contribution in [3.8, 4) is 0 Å². The van der Waals surface area contributed by atoms with Crippen LogP contribution < -0.4 is 0 Å². The molecule has 3 unspecified atom stereocenters. The van der Waals surface area contributed by atoms with Crippen LogP contribution in [0, 0.1) is 17.8 Å². The van der Waals surface area contributed by atoms with Crippen LogP contribution in [0.2, 0.25) is 0 Å². The molecule has 1 aliphatic carbocycles. The van der Waals surface area contributed by atoms with Crippen LogP contribution in [0.1, 0.15) is 40.0 Å². The molecule has 1 saturated carbocycles. The van der Waals surface area contributed by atoms with Crippen molar-refractivity contribution in [3.05, 3.63) is 0 Å². The van der Waals surface area contributed by atoms with Crippen molar-refractivity contribution in [1.82, 2.24) is 0 Å². The molecule has 1 fully saturated rings. The Morgan fingerprint density at radius 2 is 2.13 bits per heavy atom. The van der Waals surface area contributed by atoms with Crippen LogP contribution in [0.25, 0.3) is 0 Å². The van der Waals surface area contributed by atoms with Gasteiger partial charge in [-0.25, -0.2) is 4.79 Å². The van der Waals surface area contributed by atoms with Gasteiger partial charge >= 0.3 is 5.97 Å². The van der Waals surface area contributed by atoms with Crippen molar-refractivity contribution in [2.75, 3.05) is 6.61 Å². The Morgan fingerprint density at radius 1 is 1.47 bits per heavy atom. The molecule has 0 aliphatic heterocycles. The summed E-state index contributed by atoms with van der Waals surface area (Å²) < 4.78 is 5.49. The molecule has 15 heavy (non-hydrogen) atoms. The molecule has 0 radical (unpaired) electrons. The third-order valence-corrected chi connectivity index (χ3v) is 3.38. The van der Waals surface area contributed by atoms with E-state index in [2.05, 4.69) is 20.8 Å². The lowest BCUT2D eigenvalue weighted by Crippen LogP contribution is -2.35. The fraction of sp³-hybridized carbons (Fsp3) is 0.917. The van der Waals surface area contributed by atoms with E-state index in [0.29, 0.717) is 17.8 Å². The predicted molar refractivity (Wildman–Crippen MR) is 58.7 cm³/mol. The zero-order valence-corrected chi connectivity index (χ0v) is 9.90. The van der Waals surface area contributed by atoms with E-state index in [1.165, 1.54) is 12.8 Å². The summed E-state index contributed by atoms with van der Waals surface area (Å²) in [6, 6.07) is 0. The van der Waals surface area contributed by atoms with Crippen molar-refractivity contribution in [3.63, 3.8) is 0 Å². The Hall–Kier alpha value is -0.570. The van der Waals surface area contributed by atoms with Gasteiger partial charge in [0.05, 0.1) is 6.10 Å². The number of hydrogen-bond acceptors (Lipinski definition) is 2. The SMILES string of the molecule is CC1CCC(C(C)C)C(OCC(=O)O)C1. The molecule has 3 nitrogen and oxygen atoms in total. The highest BCUT2D eigenvalue weighted by molar-refractivity contribution is 5.68. The predicted octanol–water partition coefficient (Wildman–Crippen LogP) is 2.55. The fourth-order valence-corrected chi connectivity index (χ4v) is 2.48. The third-order valence-electron chi connectivity index (χ3n) is 3.38. The Morgan fingerprint density at radius 3 is 2.67 bits per heavy atom. The van der Waals surface area contributed by atoms with Crippen LogP contribution in [-0.4, -0.2) is 23.8 Å². The summed E-state index contributed by atoms with van der Waals surface area (Å²) in [7, 11) is 0. The number of carboxylic acids is 1. The number of ether oxygens (including phenoxy) is 1. The highest BCUT2D eigenvalue weighted by atomic mass is 16.5. The maximum atomic E-state index is 10.5. The van der Waals surface area contributed by atoms with Crippen LogP contribution >= 0.6 is 0 Å². The van der Waals surface area contributed by atoms with E-state index in [-0.39, 0.29) is 12.7 Å². The summed E-state index contributed by atoms with van der Waals surface area (Å²) in [5.74, 6) is 0.909. The molecular formula is C12H22O3. The van der Waals surface area contributed by atoms with Crippen molar-refractivity contribution < 1.29 is 14.6 Å². The minimum absolute atomic E-state index is 0.143. The standard InChI is InChI=1S/C12H22O3/c1-8(2)10-5-4-9(3)6-11(10)15-7-12(13)14/h8-11H,4-7H2,1-3H3,(H,13,14). The van der Waals surface area contributed by atoms with Gasteiger partial charge in [0.15, 0.2) is 0 Å². The van der Waals surface area contributed by atoms with Gasteiger partial charge in [0.25, 0.3) is 0 Å². The van der Waals surface area contributed by atoms with E-state index in [4.69, 9.17) is 9.84 Å². The topological polar surface area (TPSA) is 46.5 Å². The quantitative estimate of drug-likeness (QED) is 0.782. The number of rotatable bonds is 4. The number of carboxylic acid groups (broad SMARTS) is 1. The minimum atomic E-state index is -0.865. The van der Waals surface area contributed by atoms with Gasteiger partial charge in [0.1, 0.15) is 6.61 Å². The summed E-state index contributed by atoms with van der Waals surface area (Å²) in [6.45, 7) is 6.45. The first-order valence-corrected chi connectivity index (χ1v) is 5.84. The lowest BCUT2D eigenvalue weighted by Gasteiger charge is -2.36. The molecule has 3 atom stereocenters. The lowest BCUT2D eigenvalue weighted by atomic mass is 9.75. The molecule has 1 aliphatic rings. The van der Waals surface area contributed by atoms with Crippen LogP contribution in [0.4, 0.5) is 0 Å². The van der Waals surface area contributed by atoms with Gasteiger partial charge in [0.2, 0.25) is 0 Å². The maximum absolute atomic E-state index is 10.5. The van der Waals surface area contributed by atoms with E-state index in [0.717, 1.165) is 6.42 Å². The molecule has 1 rings (SSSR count). The average molecular weight is 214 g/mol.